The van der Waals surface area contributed by atoms with Crippen LogP contribution in [0.15, 0.2) is 18.2 Å². The van der Waals surface area contributed by atoms with Gasteiger partial charge in [0.1, 0.15) is 0 Å². The van der Waals surface area contributed by atoms with Crippen molar-refractivity contribution in [2.75, 3.05) is 17.6 Å². The number of nitrogens with one attached hydrogen (secondary N) is 2. The number of hydrogen-bond acceptors (Lipinski definition) is 3. The second-order valence-corrected chi connectivity index (χ2v) is 6.21. The van der Waals surface area contributed by atoms with E-state index in [9.17, 15) is 18.4 Å². The van der Waals surface area contributed by atoms with Crippen LogP contribution in [0.2, 0.25) is 0 Å². The highest BCUT2D eigenvalue weighted by Crippen LogP contribution is 2.13. The number of anilines is 1. The maximum absolute atomic E-state index is 13.0. The minimum absolute atomic E-state index is 0.142. The van der Waals surface area contributed by atoms with E-state index in [0.29, 0.717) is 0 Å². The van der Waals surface area contributed by atoms with Crippen LogP contribution in [-0.2, 0) is 9.59 Å². The van der Waals surface area contributed by atoms with Crippen molar-refractivity contribution in [2.24, 2.45) is 0 Å². The summed E-state index contributed by atoms with van der Waals surface area (Å²) in [4.78, 5) is 23.4. The molecule has 2 N–H and O–H groups in total. The first kappa shape index (κ1) is 18.4. The molecule has 4 nitrogen and oxygen atoms in total. The van der Waals surface area contributed by atoms with Crippen LogP contribution in [0.3, 0.4) is 0 Å². The van der Waals surface area contributed by atoms with Gasteiger partial charge in [-0.3, -0.25) is 9.59 Å². The molecule has 1 aromatic rings. The molecule has 1 atom stereocenters. The number of thioether (sulfide) groups is 1. The Labute approximate surface area is 133 Å². The number of carbonyl (C=O) groups excluding carboxylic acids is 2. The summed E-state index contributed by atoms with van der Waals surface area (Å²) in [6.07, 6.45) is 2.11. The van der Waals surface area contributed by atoms with Gasteiger partial charge in [0.15, 0.2) is 11.6 Å². The quantitative estimate of drug-likeness (QED) is 0.721. The van der Waals surface area contributed by atoms with Crippen molar-refractivity contribution in [3.63, 3.8) is 0 Å². The highest BCUT2D eigenvalue weighted by Gasteiger charge is 2.14. The van der Waals surface area contributed by atoms with Crippen molar-refractivity contribution in [3.8, 4) is 0 Å². The molecule has 0 aliphatic carbocycles. The van der Waals surface area contributed by atoms with Gasteiger partial charge in [-0.2, -0.15) is 0 Å². The molecule has 0 radical (unpaired) electrons. The Morgan fingerprint density at radius 1 is 1.27 bits per heavy atom. The van der Waals surface area contributed by atoms with Gasteiger partial charge in [0.05, 0.1) is 11.8 Å². The standard InChI is InChI=1S/C15H20F2N2O2S/c1-3-4-7-22-10(2)15(21)18-9-14(20)19-11-5-6-12(16)13(17)8-11/h5-6,8,10H,3-4,7,9H2,1-2H3,(H,18,21)(H,19,20)/t10-/m1/s1. The zero-order valence-corrected chi connectivity index (χ0v) is 13.4. The van der Waals surface area contributed by atoms with Crippen LogP contribution in [0, 0.1) is 11.6 Å². The number of unbranched alkanes of at least 4 members (excludes halogenated alkanes) is 1. The topological polar surface area (TPSA) is 58.2 Å². The van der Waals surface area contributed by atoms with Gasteiger partial charge in [0, 0.05) is 11.8 Å². The summed E-state index contributed by atoms with van der Waals surface area (Å²) in [7, 11) is 0. The monoisotopic (exact) mass is 330 g/mol. The van der Waals surface area contributed by atoms with Gasteiger partial charge in [-0.05, 0) is 31.2 Å². The Kier molecular flexibility index (Phi) is 7.87. The minimum atomic E-state index is -1.04. The molecule has 0 saturated heterocycles. The molecule has 0 aliphatic heterocycles. The summed E-state index contributed by atoms with van der Waals surface area (Å²) < 4.78 is 25.8. The maximum atomic E-state index is 13.0. The van der Waals surface area contributed by atoms with E-state index in [2.05, 4.69) is 17.6 Å². The van der Waals surface area contributed by atoms with Gasteiger partial charge in [-0.1, -0.05) is 13.3 Å². The molecule has 0 bridgehead atoms. The number of hydrogen-bond donors (Lipinski definition) is 2. The summed E-state index contributed by atoms with van der Waals surface area (Å²) in [5.41, 5.74) is 0.142. The van der Waals surface area contributed by atoms with E-state index >= 15 is 0 Å². The van der Waals surface area contributed by atoms with E-state index in [1.165, 1.54) is 17.8 Å². The van der Waals surface area contributed by atoms with Crippen LogP contribution in [0.25, 0.3) is 0 Å². The molecular formula is C15H20F2N2O2S. The second kappa shape index (κ2) is 9.40. The number of amides is 2. The Bertz CT molecular complexity index is 526. The highest BCUT2D eigenvalue weighted by molar-refractivity contribution is 8.00. The SMILES string of the molecule is CCCCS[C@H](C)C(=O)NCC(=O)Nc1ccc(F)c(F)c1. The van der Waals surface area contributed by atoms with E-state index in [0.717, 1.165) is 30.7 Å². The third kappa shape index (κ3) is 6.43. The van der Waals surface area contributed by atoms with Crippen LogP contribution in [0.1, 0.15) is 26.7 Å². The normalized spacial score (nSPS) is 11.8. The lowest BCUT2D eigenvalue weighted by atomic mass is 10.3. The summed E-state index contributed by atoms with van der Waals surface area (Å²) in [6, 6.07) is 3.07. The molecule has 0 heterocycles. The predicted molar refractivity (Wildman–Crippen MR) is 84.8 cm³/mol. The fraction of sp³-hybridized carbons (Fsp3) is 0.467. The molecule has 22 heavy (non-hydrogen) atoms. The molecule has 0 saturated carbocycles. The summed E-state index contributed by atoms with van der Waals surface area (Å²) in [5.74, 6) is -1.84. The van der Waals surface area contributed by atoms with E-state index in [1.807, 2.05) is 0 Å². The third-order valence-corrected chi connectivity index (χ3v) is 4.10. The molecule has 1 rings (SSSR count). The Morgan fingerprint density at radius 2 is 2.00 bits per heavy atom. The highest BCUT2D eigenvalue weighted by atomic mass is 32.2. The van der Waals surface area contributed by atoms with Crippen molar-refractivity contribution in [2.45, 2.75) is 31.9 Å². The van der Waals surface area contributed by atoms with Gasteiger partial charge in [0.25, 0.3) is 0 Å². The van der Waals surface area contributed by atoms with Crippen LogP contribution >= 0.6 is 11.8 Å². The first-order chi connectivity index (χ1) is 10.4. The molecule has 0 aromatic heterocycles. The van der Waals surface area contributed by atoms with Crippen LogP contribution < -0.4 is 10.6 Å². The van der Waals surface area contributed by atoms with Crippen molar-refractivity contribution in [1.82, 2.24) is 5.32 Å². The maximum Gasteiger partial charge on any atom is 0.243 e. The molecule has 0 fully saturated rings. The molecular weight excluding hydrogens is 310 g/mol. The first-order valence-corrected chi connectivity index (χ1v) is 8.13. The Morgan fingerprint density at radius 3 is 2.64 bits per heavy atom. The minimum Gasteiger partial charge on any atom is -0.346 e. The summed E-state index contributed by atoms with van der Waals surface area (Å²) in [6.45, 7) is 3.65. The van der Waals surface area contributed by atoms with Crippen molar-refractivity contribution >= 4 is 29.3 Å². The van der Waals surface area contributed by atoms with E-state index in [4.69, 9.17) is 0 Å². The van der Waals surface area contributed by atoms with Crippen LogP contribution in [0.4, 0.5) is 14.5 Å². The van der Waals surface area contributed by atoms with Crippen molar-refractivity contribution < 1.29 is 18.4 Å². The van der Waals surface area contributed by atoms with E-state index < -0.39 is 17.5 Å². The Hall–Kier alpha value is -1.63. The van der Waals surface area contributed by atoms with E-state index in [1.54, 1.807) is 6.92 Å². The van der Waals surface area contributed by atoms with Crippen molar-refractivity contribution in [1.29, 1.82) is 0 Å². The molecule has 0 aliphatic rings. The largest absolute Gasteiger partial charge is 0.346 e. The molecule has 0 spiro atoms. The number of rotatable bonds is 8. The second-order valence-electron chi connectivity index (χ2n) is 4.76. The molecule has 2 amide bonds. The fourth-order valence-corrected chi connectivity index (χ4v) is 2.61. The lowest BCUT2D eigenvalue weighted by Gasteiger charge is -2.12. The van der Waals surface area contributed by atoms with Crippen LogP contribution in [-0.4, -0.2) is 29.4 Å². The third-order valence-electron chi connectivity index (χ3n) is 2.86. The van der Waals surface area contributed by atoms with Gasteiger partial charge >= 0.3 is 0 Å². The van der Waals surface area contributed by atoms with Gasteiger partial charge in [-0.15, -0.1) is 11.8 Å². The predicted octanol–water partition coefficient (Wildman–Crippen LogP) is 2.94. The van der Waals surface area contributed by atoms with E-state index in [-0.39, 0.29) is 23.4 Å². The van der Waals surface area contributed by atoms with Crippen molar-refractivity contribution in [3.05, 3.63) is 29.8 Å². The average molecular weight is 330 g/mol. The molecule has 7 heteroatoms. The van der Waals surface area contributed by atoms with Gasteiger partial charge in [0.2, 0.25) is 11.8 Å². The average Bonchev–Trinajstić information content (AvgIpc) is 2.48. The van der Waals surface area contributed by atoms with Gasteiger partial charge < -0.3 is 10.6 Å². The summed E-state index contributed by atoms with van der Waals surface area (Å²) >= 11 is 1.53. The number of benzene rings is 1. The zero-order chi connectivity index (χ0) is 16.5. The Balaban J connectivity index is 2.35. The van der Waals surface area contributed by atoms with Crippen LogP contribution in [0.5, 0.6) is 0 Å². The molecule has 0 unspecified atom stereocenters. The zero-order valence-electron chi connectivity index (χ0n) is 12.6. The number of halogens is 2. The first-order valence-electron chi connectivity index (χ1n) is 7.08. The summed E-state index contributed by atoms with van der Waals surface area (Å²) in [5, 5.41) is 4.67. The van der Waals surface area contributed by atoms with Gasteiger partial charge in [-0.25, -0.2) is 8.78 Å². The smallest absolute Gasteiger partial charge is 0.243 e. The lowest BCUT2D eigenvalue weighted by molar-refractivity contribution is -0.123. The number of carbonyl (C=O) groups is 2. The molecule has 122 valence electrons. The lowest BCUT2D eigenvalue weighted by Crippen LogP contribution is -2.37. The molecule has 1 aromatic carbocycles. The fourth-order valence-electron chi connectivity index (χ4n) is 1.57.